The van der Waals surface area contributed by atoms with Crippen LogP contribution in [0.4, 0.5) is 0 Å². The monoisotopic (exact) mass is 322 g/mol. The third-order valence-corrected chi connectivity index (χ3v) is 5.63. The van der Waals surface area contributed by atoms with Crippen LogP contribution in [-0.4, -0.2) is 32.4 Å². The average molecular weight is 322 g/mol. The van der Waals surface area contributed by atoms with Crippen LogP contribution in [0.25, 0.3) is 0 Å². The summed E-state index contributed by atoms with van der Waals surface area (Å²) in [6.45, 7) is 3.59. The number of hydrogen-bond acceptors (Lipinski definition) is 4. The third kappa shape index (κ3) is 3.79. The normalized spacial score (nSPS) is 16.7. The molecule has 1 aliphatic heterocycles. The number of nitriles is 1. The Kier molecular flexibility index (Phi) is 5.81. The number of rotatable bonds is 5. The Morgan fingerprint density at radius 2 is 1.91 bits per heavy atom. The van der Waals surface area contributed by atoms with Gasteiger partial charge in [-0.1, -0.05) is 19.8 Å². The van der Waals surface area contributed by atoms with Crippen LogP contribution in [0, 0.1) is 11.3 Å². The van der Waals surface area contributed by atoms with Gasteiger partial charge >= 0.3 is 0 Å². The zero-order valence-corrected chi connectivity index (χ0v) is 13.7. The Labute approximate surface area is 132 Å². The molecule has 1 saturated heterocycles. The maximum absolute atomic E-state index is 12.7. The Balaban J connectivity index is 2.29. The molecule has 0 amide bonds. The molecule has 1 aromatic carbocycles. The standard InChI is InChI=1S/C16H22N2O3S/c1-2-11-21-16-8-7-15(12-14(16)13-17)22(19,20)18-9-5-3-4-6-10-18/h7-8,12H,2-6,9-11H2,1H3. The molecule has 120 valence electrons. The number of hydrogen-bond donors (Lipinski definition) is 0. The number of benzene rings is 1. The lowest BCUT2D eigenvalue weighted by atomic mass is 10.2. The molecule has 0 radical (unpaired) electrons. The summed E-state index contributed by atoms with van der Waals surface area (Å²) in [6, 6.07) is 6.56. The summed E-state index contributed by atoms with van der Waals surface area (Å²) in [5, 5.41) is 9.22. The molecule has 22 heavy (non-hydrogen) atoms. The van der Waals surface area contributed by atoms with Crippen LogP contribution in [-0.2, 0) is 10.0 Å². The van der Waals surface area contributed by atoms with Crippen molar-refractivity contribution in [2.24, 2.45) is 0 Å². The maximum atomic E-state index is 12.7. The van der Waals surface area contributed by atoms with Crippen LogP contribution >= 0.6 is 0 Å². The van der Waals surface area contributed by atoms with Crippen molar-refractivity contribution in [3.63, 3.8) is 0 Å². The summed E-state index contributed by atoms with van der Waals surface area (Å²) in [5.74, 6) is 0.444. The van der Waals surface area contributed by atoms with Crippen molar-refractivity contribution in [2.45, 2.75) is 43.9 Å². The molecule has 0 atom stereocenters. The summed E-state index contributed by atoms with van der Waals surface area (Å²) < 4.78 is 32.4. The molecule has 1 aromatic rings. The fraction of sp³-hybridized carbons (Fsp3) is 0.562. The molecule has 0 spiro atoms. The minimum atomic E-state index is -3.53. The SMILES string of the molecule is CCCOc1ccc(S(=O)(=O)N2CCCCCC2)cc1C#N. The number of ether oxygens (including phenoxy) is 1. The molecule has 6 heteroatoms. The zero-order valence-electron chi connectivity index (χ0n) is 12.9. The maximum Gasteiger partial charge on any atom is 0.243 e. The van der Waals surface area contributed by atoms with Crippen molar-refractivity contribution >= 4 is 10.0 Å². The van der Waals surface area contributed by atoms with Gasteiger partial charge in [-0.2, -0.15) is 9.57 Å². The predicted octanol–water partition coefficient (Wildman–Crippen LogP) is 2.91. The lowest BCUT2D eigenvalue weighted by Crippen LogP contribution is -2.32. The highest BCUT2D eigenvalue weighted by Crippen LogP contribution is 2.25. The van der Waals surface area contributed by atoms with Gasteiger partial charge in [-0.15, -0.1) is 0 Å². The van der Waals surface area contributed by atoms with Crippen molar-refractivity contribution < 1.29 is 13.2 Å². The highest BCUT2D eigenvalue weighted by molar-refractivity contribution is 7.89. The molecular formula is C16H22N2O3S. The second-order valence-electron chi connectivity index (χ2n) is 5.44. The molecular weight excluding hydrogens is 300 g/mol. The summed E-state index contributed by atoms with van der Waals surface area (Å²) >= 11 is 0. The molecule has 0 bridgehead atoms. The Morgan fingerprint density at radius 3 is 2.50 bits per heavy atom. The van der Waals surface area contributed by atoms with Gasteiger partial charge in [-0.05, 0) is 37.5 Å². The zero-order chi connectivity index (χ0) is 16.0. The quantitative estimate of drug-likeness (QED) is 0.835. The number of sulfonamides is 1. The molecule has 0 N–H and O–H groups in total. The molecule has 1 fully saturated rings. The van der Waals surface area contributed by atoms with Gasteiger partial charge in [0.25, 0.3) is 0 Å². The van der Waals surface area contributed by atoms with Gasteiger partial charge in [0.1, 0.15) is 11.8 Å². The molecule has 0 aromatic heterocycles. The van der Waals surface area contributed by atoms with E-state index in [-0.39, 0.29) is 10.5 Å². The molecule has 1 aliphatic rings. The summed E-state index contributed by atoms with van der Waals surface area (Å²) in [4.78, 5) is 0.176. The van der Waals surface area contributed by atoms with Gasteiger partial charge in [0.2, 0.25) is 10.0 Å². The van der Waals surface area contributed by atoms with Crippen molar-refractivity contribution in [3.05, 3.63) is 23.8 Å². The molecule has 2 rings (SSSR count). The van der Waals surface area contributed by atoms with Crippen LogP contribution in [0.15, 0.2) is 23.1 Å². The molecule has 0 saturated carbocycles. The van der Waals surface area contributed by atoms with E-state index in [2.05, 4.69) is 0 Å². The molecule has 5 nitrogen and oxygen atoms in total. The van der Waals surface area contributed by atoms with Crippen molar-refractivity contribution in [3.8, 4) is 11.8 Å². The molecule has 1 heterocycles. The van der Waals surface area contributed by atoms with E-state index in [1.165, 1.54) is 16.4 Å². The first kappa shape index (κ1) is 16.8. The smallest absolute Gasteiger partial charge is 0.243 e. The van der Waals surface area contributed by atoms with Crippen molar-refractivity contribution in [2.75, 3.05) is 19.7 Å². The van der Waals surface area contributed by atoms with Gasteiger partial charge in [-0.3, -0.25) is 0 Å². The summed E-state index contributed by atoms with van der Waals surface area (Å²) in [6.07, 6.45) is 4.75. The minimum Gasteiger partial charge on any atom is -0.492 e. The molecule has 0 unspecified atom stereocenters. The van der Waals surface area contributed by atoms with Crippen LogP contribution in [0.5, 0.6) is 5.75 Å². The minimum absolute atomic E-state index is 0.176. The lowest BCUT2D eigenvalue weighted by Gasteiger charge is -2.20. The van der Waals surface area contributed by atoms with E-state index in [0.717, 1.165) is 32.1 Å². The Morgan fingerprint density at radius 1 is 1.23 bits per heavy atom. The van der Waals surface area contributed by atoms with E-state index in [9.17, 15) is 13.7 Å². The van der Waals surface area contributed by atoms with E-state index in [4.69, 9.17) is 4.74 Å². The summed E-state index contributed by atoms with van der Waals surface area (Å²) in [5.41, 5.74) is 0.268. The average Bonchev–Trinajstić information content (AvgIpc) is 2.82. The van der Waals surface area contributed by atoms with Crippen LogP contribution < -0.4 is 4.74 Å². The van der Waals surface area contributed by atoms with Gasteiger partial charge in [-0.25, -0.2) is 8.42 Å². The third-order valence-electron chi connectivity index (χ3n) is 3.74. The lowest BCUT2D eigenvalue weighted by molar-refractivity contribution is 0.316. The van der Waals surface area contributed by atoms with Crippen molar-refractivity contribution in [1.82, 2.24) is 4.31 Å². The highest BCUT2D eigenvalue weighted by Gasteiger charge is 2.26. The predicted molar refractivity (Wildman–Crippen MR) is 84.2 cm³/mol. The first-order chi connectivity index (χ1) is 10.6. The van der Waals surface area contributed by atoms with E-state index in [1.54, 1.807) is 6.07 Å². The van der Waals surface area contributed by atoms with Gasteiger partial charge < -0.3 is 4.74 Å². The Hall–Kier alpha value is -1.58. The van der Waals surface area contributed by atoms with Crippen molar-refractivity contribution in [1.29, 1.82) is 5.26 Å². The fourth-order valence-electron chi connectivity index (χ4n) is 2.53. The molecule has 0 aliphatic carbocycles. The van der Waals surface area contributed by atoms with Crippen LogP contribution in [0.2, 0.25) is 0 Å². The first-order valence-electron chi connectivity index (χ1n) is 7.76. The van der Waals surface area contributed by atoms with E-state index >= 15 is 0 Å². The second kappa shape index (κ2) is 7.61. The van der Waals surface area contributed by atoms with Gasteiger partial charge in [0.05, 0.1) is 17.1 Å². The van der Waals surface area contributed by atoms with E-state index in [0.29, 0.717) is 25.4 Å². The van der Waals surface area contributed by atoms with Gasteiger partial charge in [0, 0.05) is 13.1 Å². The topological polar surface area (TPSA) is 70.4 Å². The first-order valence-corrected chi connectivity index (χ1v) is 9.20. The highest BCUT2D eigenvalue weighted by atomic mass is 32.2. The Bertz CT molecular complexity index is 642. The number of nitrogens with zero attached hydrogens (tertiary/aromatic N) is 2. The van der Waals surface area contributed by atoms with Crippen LogP contribution in [0.3, 0.4) is 0 Å². The fourth-order valence-corrected chi connectivity index (χ4v) is 4.07. The van der Waals surface area contributed by atoms with E-state index < -0.39 is 10.0 Å². The second-order valence-corrected chi connectivity index (χ2v) is 7.37. The van der Waals surface area contributed by atoms with Crippen LogP contribution in [0.1, 0.15) is 44.6 Å². The van der Waals surface area contributed by atoms with Gasteiger partial charge in [0.15, 0.2) is 0 Å². The summed E-state index contributed by atoms with van der Waals surface area (Å²) in [7, 11) is -3.53. The largest absolute Gasteiger partial charge is 0.492 e. The van der Waals surface area contributed by atoms with E-state index in [1.807, 2.05) is 13.0 Å².